The molecule has 8 aliphatic rings. The average Bonchev–Trinajstić information content (AvgIpc) is 3.62. The minimum absolute atomic E-state index is 0.0434. The van der Waals surface area contributed by atoms with Crippen molar-refractivity contribution in [1.29, 1.82) is 0 Å². The van der Waals surface area contributed by atoms with Crippen LogP contribution in [-0.4, -0.2) is 29.1 Å². The molecule has 278 valence electrons. The fourth-order valence-corrected chi connectivity index (χ4v) is 14.9. The first kappa shape index (κ1) is 34.8. The smallest absolute Gasteiger partial charge is 0.302 e. The molecule has 0 aliphatic heterocycles. The predicted octanol–water partition coefficient (Wildman–Crippen LogP) is 10.8. The molecule has 0 aromatic carbocycles. The summed E-state index contributed by atoms with van der Waals surface area (Å²) in [6.07, 6.45) is 28.0. The normalized spacial score (nSPS) is 44.8. The third-order valence-electron chi connectivity index (χ3n) is 17.3. The molecule has 5 heteroatoms. The molecular weight excluding hydrogens is 643 g/mol. The molecule has 0 N–H and O–H groups in total. The van der Waals surface area contributed by atoms with Gasteiger partial charge in [-0.15, -0.1) is 0 Å². The summed E-state index contributed by atoms with van der Waals surface area (Å²) < 4.78 is 11.5. The van der Waals surface area contributed by atoms with Crippen LogP contribution in [0.2, 0.25) is 0 Å². The standard InChI is InChI=1S/C47H61NO4/c1-28(49)51-33-15-19-44(3)31(24-33)9-11-35-38-13-14-39(46(38,5)21-17-40(35)44)37-26-42-36-12-10-32-25-34(52-29(2)50)16-20-45(32,4)41(36)18-22-47(42,6)43(37)30-8-7-23-48-27-30/h7-10,14,23,27,33-36,38,40-42H,11-13,15-22,24-26H2,1-6H3/t33-,34-,35-,36+,38-,40-,41-,42-,44-,45-,46-,47-/m0/s1. The number of allylic oxidation sites excluding steroid dienone is 6. The molecule has 0 amide bonds. The van der Waals surface area contributed by atoms with Gasteiger partial charge in [-0.2, -0.15) is 0 Å². The van der Waals surface area contributed by atoms with Gasteiger partial charge in [0.2, 0.25) is 0 Å². The van der Waals surface area contributed by atoms with Crippen molar-refractivity contribution < 1.29 is 19.1 Å². The Morgan fingerprint density at radius 3 is 1.77 bits per heavy atom. The zero-order valence-corrected chi connectivity index (χ0v) is 32.6. The number of esters is 2. The molecule has 8 aliphatic carbocycles. The van der Waals surface area contributed by atoms with Crippen LogP contribution in [0.1, 0.15) is 137 Å². The number of hydrogen-bond acceptors (Lipinski definition) is 5. The first-order valence-corrected chi connectivity index (χ1v) is 20.9. The van der Waals surface area contributed by atoms with Crippen LogP contribution in [0.4, 0.5) is 0 Å². The number of carbonyl (C=O) groups excluding carboxylic acids is 2. The molecule has 12 atom stereocenters. The molecule has 0 radical (unpaired) electrons. The van der Waals surface area contributed by atoms with Gasteiger partial charge in [-0.05, 0) is 163 Å². The summed E-state index contributed by atoms with van der Waals surface area (Å²) in [6, 6.07) is 4.51. The third-order valence-corrected chi connectivity index (χ3v) is 17.3. The largest absolute Gasteiger partial charge is 0.462 e. The lowest BCUT2D eigenvalue weighted by atomic mass is 9.47. The zero-order chi connectivity index (χ0) is 36.2. The monoisotopic (exact) mass is 703 g/mol. The van der Waals surface area contributed by atoms with Crippen LogP contribution in [0.25, 0.3) is 5.57 Å². The highest BCUT2D eigenvalue weighted by molar-refractivity contribution is 5.80. The van der Waals surface area contributed by atoms with Crippen molar-refractivity contribution >= 4 is 17.5 Å². The highest BCUT2D eigenvalue weighted by Crippen LogP contribution is 2.72. The minimum Gasteiger partial charge on any atom is -0.462 e. The molecule has 0 spiro atoms. The number of pyridine rings is 1. The van der Waals surface area contributed by atoms with Crippen LogP contribution in [0.3, 0.4) is 0 Å². The van der Waals surface area contributed by atoms with Gasteiger partial charge >= 0.3 is 11.9 Å². The fourth-order valence-electron chi connectivity index (χ4n) is 14.9. The maximum absolute atomic E-state index is 11.8. The van der Waals surface area contributed by atoms with Crippen molar-refractivity contribution in [2.24, 2.45) is 57.2 Å². The zero-order valence-electron chi connectivity index (χ0n) is 32.6. The van der Waals surface area contributed by atoms with Gasteiger partial charge < -0.3 is 9.47 Å². The third kappa shape index (κ3) is 5.09. The van der Waals surface area contributed by atoms with Crippen LogP contribution in [0.5, 0.6) is 0 Å². The van der Waals surface area contributed by atoms with E-state index in [4.69, 9.17) is 14.5 Å². The fraction of sp³-hybridized carbons (Fsp3) is 0.681. The predicted molar refractivity (Wildman–Crippen MR) is 205 cm³/mol. The molecule has 9 rings (SSSR count). The Balaban J connectivity index is 1.03. The Morgan fingerprint density at radius 2 is 1.21 bits per heavy atom. The maximum Gasteiger partial charge on any atom is 0.302 e. The van der Waals surface area contributed by atoms with Gasteiger partial charge in [-0.1, -0.05) is 63.1 Å². The first-order valence-electron chi connectivity index (χ1n) is 20.9. The van der Waals surface area contributed by atoms with E-state index in [1.807, 2.05) is 6.20 Å². The second-order valence-corrected chi connectivity index (χ2v) is 19.5. The molecule has 0 bridgehead atoms. The number of nitrogens with zero attached hydrogens (tertiary/aromatic N) is 1. The van der Waals surface area contributed by atoms with E-state index in [1.54, 1.807) is 41.7 Å². The summed E-state index contributed by atoms with van der Waals surface area (Å²) >= 11 is 0. The second kappa shape index (κ2) is 12.3. The summed E-state index contributed by atoms with van der Waals surface area (Å²) in [5.41, 5.74) is 10.3. The molecule has 0 unspecified atom stereocenters. The first-order chi connectivity index (χ1) is 24.8. The molecule has 1 heterocycles. The summed E-state index contributed by atoms with van der Waals surface area (Å²) in [5.74, 6) is 3.81. The molecule has 5 nitrogen and oxygen atoms in total. The van der Waals surface area contributed by atoms with Crippen molar-refractivity contribution in [2.75, 3.05) is 0 Å². The number of rotatable bonds is 4. The van der Waals surface area contributed by atoms with Crippen molar-refractivity contribution in [3.05, 3.63) is 70.6 Å². The molecule has 1 aromatic rings. The van der Waals surface area contributed by atoms with Gasteiger partial charge in [0.1, 0.15) is 12.2 Å². The van der Waals surface area contributed by atoms with E-state index in [9.17, 15) is 9.59 Å². The molecule has 1 aromatic heterocycles. The number of aromatic nitrogens is 1. The van der Waals surface area contributed by atoms with E-state index < -0.39 is 0 Å². The quantitative estimate of drug-likeness (QED) is 0.231. The van der Waals surface area contributed by atoms with E-state index >= 15 is 0 Å². The van der Waals surface area contributed by atoms with E-state index in [1.165, 1.54) is 50.5 Å². The molecule has 4 saturated carbocycles. The minimum atomic E-state index is -0.142. The Hall–Kier alpha value is -2.95. The van der Waals surface area contributed by atoms with Gasteiger partial charge in [0.25, 0.3) is 0 Å². The van der Waals surface area contributed by atoms with Crippen LogP contribution < -0.4 is 0 Å². The van der Waals surface area contributed by atoms with Crippen LogP contribution in [-0.2, 0) is 19.1 Å². The Bertz CT molecular complexity index is 1790. The molecular formula is C47H61NO4. The summed E-state index contributed by atoms with van der Waals surface area (Å²) in [7, 11) is 0. The van der Waals surface area contributed by atoms with E-state index in [-0.39, 0.29) is 45.8 Å². The highest BCUT2D eigenvalue weighted by Gasteiger charge is 2.62. The summed E-state index contributed by atoms with van der Waals surface area (Å²) in [5, 5.41) is 0. The van der Waals surface area contributed by atoms with Crippen molar-refractivity contribution in [2.45, 2.75) is 144 Å². The van der Waals surface area contributed by atoms with E-state index in [2.05, 4.69) is 64.3 Å². The number of hydrogen-bond donors (Lipinski definition) is 0. The van der Waals surface area contributed by atoms with Gasteiger partial charge in [0.05, 0.1) is 0 Å². The highest BCUT2D eigenvalue weighted by atomic mass is 16.5. The lowest BCUT2D eigenvalue weighted by Gasteiger charge is -2.58. The van der Waals surface area contributed by atoms with Crippen LogP contribution in [0, 0.1) is 57.2 Å². The summed E-state index contributed by atoms with van der Waals surface area (Å²) in [4.78, 5) is 28.4. The SMILES string of the molecule is CC(=O)O[C@H]1CC[C@@]2(C)C(=CC[C@@H]3[C@@H]2CC[C@]2(C)C(C4=C(c5cccnc5)[C@@]5(C)CC[C@H]6[C@@H](CC=C7C[C@@H](OC(C)=O)CC[C@@]76C)[C@@H]5C4)=CC[C@@H]32)C1. The second-order valence-electron chi connectivity index (χ2n) is 19.5. The number of carbonyl (C=O) groups is 2. The van der Waals surface area contributed by atoms with Gasteiger partial charge in [-0.3, -0.25) is 14.6 Å². The van der Waals surface area contributed by atoms with Crippen molar-refractivity contribution in [1.82, 2.24) is 4.98 Å². The van der Waals surface area contributed by atoms with Crippen molar-refractivity contribution in [3.63, 3.8) is 0 Å². The maximum atomic E-state index is 11.8. The van der Waals surface area contributed by atoms with Gasteiger partial charge in [0, 0.05) is 39.1 Å². The van der Waals surface area contributed by atoms with E-state index in [0.717, 1.165) is 44.9 Å². The van der Waals surface area contributed by atoms with Crippen molar-refractivity contribution in [3.8, 4) is 0 Å². The van der Waals surface area contributed by atoms with Crippen LogP contribution in [0.15, 0.2) is 65.0 Å². The van der Waals surface area contributed by atoms with Gasteiger partial charge in [0.15, 0.2) is 0 Å². The Morgan fingerprint density at radius 1 is 0.654 bits per heavy atom. The average molecular weight is 704 g/mol. The summed E-state index contributed by atoms with van der Waals surface area (Å²) in [6.45, 7) is 13.5. The number of fused-ring (bicyclic) bond motifs is 10. The molecule has 52 heavy (non-hydrogen) atoms. The molecule has 4 fully saturated rings. The van der Waals surface area contributed by atoms with Crippen LogP contribution >= 0.6 is 0 Å². The lowest BCUT2D eigenvalue weighted by Crippen LogP contribution is -2.50. The van der Waals surface area contributed by atoms with E-state index in [0.29, 0.717) is 35.5 Å². The van der Waals surface area contributed by atoms with Gasteiger partial charge in [-0.25, -0.2) is 0 Å². The number of ether oxygens (including phenoxy) is 2. The Labute approximate surface area is 312 Å². The lowest BCUT2D eigenvalue weighted by molar-refractivity contribution is -0.149. The molecule has 0 saturated heterocycles. The Kier molecular flexibility index (Phi) is 8.22. The topological polar surface area (TPSA) is 65.5 Å².